The van der Waals surface area contributed by atoms with Crippen molar-refractivity contribution in [1.29, 1.82) is 0 Å². The molecule has 13 nitrogen and oxygen atoms in total. The molecule has 5 N–H and O–H groups in total. The van der Waals surface area contributed by atoms with Gasteiger partial charge in [-0.15, -0.1) is 0 Å². The molecular weight excluding hydrogens is 1130 g/mol. The average Bonchev–Trinajstić information content (AvgIpc) is 0.880. The van der Waals surface area contributed by atoms with Crippen molar-refractivity contribution < 1.29 is 63.7 Å². The van der Waals surface area contributed by atoms with E-state index in [-0.39, 0.29) is 56.9 Å². The second kappa shape index (κ2) is 29.8. The van der Waals surface area contributed by atoms with Gasteiger partial charge in [-0.25, -0.2) is 0 Å². The van der Waals surface area contributed by atoms with Crippen molar-refractivity contribution in [2.45, 2.75) is 142 Å². The summed E-state index contributed by atoms with van der Waals surface area (Å²) in [4.78, 5) is 49.0. The van der Waals surface area contributed by atoms with Gasteiger partial charge in [-0.05, 0) is 236 Å². The summed E-state index contributed by atoms with van der Waals surface area (Å²) in [5, 5.41) is 58.5. The molecule has 0 unspecified atom stereocenters. The molecule has 10 aromatic carbocycles. The fourth-order valence-corrected chi connectivity index (χ4v) is 9.35. The van der Waals surface area contributed by atoms with E-state index in [0.29, 0.717) is 47.0 Å². The summed E-state index contributed by atoms with van der Waals surface area (Å²) in [5.41, 5.74) is 1.97. The molecule has 13 heteroatoms. The summed E-state index contributed by atoms with van der Waals surface area (Å²) in [5.74, 6) is 1.26. The van der Waals surface area contributed by atoms with Gasteiger partial charge in [0.15, 0.2) is 0 Å². The number of benzene rings is 10. The first-order chi connectivity index (χ1) is 42.8. The molecule has 0 radical (unpaired) electrons. The van der Waals surface area contributed by atoms with Crippen LogP contribution in [0.4, 0.5) is 0 Å². The van der Waals surface area contributed by atoms with Gasteiger partial charge in [-0.2, -0.15) is 0 Å². The van der Waals surface area contributed by atoms with Crippen molar-refractivity contribution in [2.24, 2.45) is 21.7 Å². The zero-order chi connectivity index (χ0) is 65.7. The molecule has 0 aliphatic heterocycles. The monoisotopic (exact) mass is 1220 g/mol. The molecule has 10 aromatic rings. The second-order valence-corrected chi connectivity index (χ2v) is 25.2. The summed E-state index contributed by atoms with van der Waals surface area (Å²) in [7, 11) is 0. The van der Waals surface area contributed by atoms with Gasteiger partial charge in [0.05, 0.1) is 54.7 Å². The van der Waals surface area contributed by atoms with E-state index in [0.717, 1.165) is 94.2 Å². The topological polar surface area (TPSA) is 206 Å². The predicted octanol–water partition coefficient (Wildman–Crippen LogP) is 16.5. The molecular formula is C77H86O13. The van der Waals surface area contributed by atoms with Crippen molar-refractivity contribution in [3.63, 3.8) is 0 Å². The van der Waals surface area contributed by atoms with Gasteiger partial charge in [0, 0.05) is 10.8 Å². The van der Waals surface area contributed by atoms with Crippen LogP contribution in [0.3, 0.4) is 0 Å². The normalized spacial score (nSPS) is 11.7. The van der Waals surface area contributed by atoms with Crippen molar-refractivity contribution >= 4 is 88.5 Å². The lowest BCUT2D eigenvalue weighted by molar-refractivity contribution is -0.144. The van der Waals surface area contributed by atoms with E-state index in [1.807, 2.05) is 217 Å². The molecule has 0 aromatic heterocycles. The molecule has 0 bridgehead atoms. The van der Waals surface area contributed by atoms with Crippen LogP contribution < -0.4 is 18.9 Å². The highest BCUT2D eigenvalue weighted by Crippen LogP contribution is 2.40. The number of ether oxygens (including phenoxy) is 4. The summed E-state index contributed by atoms with van der Waals surface area (Å²) < 4.78 is 22.3. The first-order valence-corrected chi connectivity index (χ1v) is 30.7. The van der Waals surface area contributed by atoms with Crippen LogP contribution in [0.5, 0.6) is 23.0 Å². The van der Waals surface area contributed by atoms with Crippen molar-refractivity contribution in [1.82, 2.24) is 0 Å². The Morgan fingerprint density at radius 1 is 0.311 bits per heavy atom. The third kappa shape index (κ3) is 16.4. The second-order valence-electron chi connectivity index (χ2n) is 25.2. The first-order valence-electron chi connectivity index (χ1n) is 30.7. The fraction of sp³-hybridized carbons (Fsp3) is 0.325. The number of carbonyl (C=O) groups excluding carboxylic acids is 4. The highest BCUT2D eigenvalue weighted by Gasteiger charge is 2.31. The molecule has 0 fully saturated rings. The van der Waals surface area contributed by atoms with Crippen molar-refractivity contribution in [2.75, 3.05) is 0 Å². The zero-order valence-corrected chi connectivity index (χ0v) is 54.0. The molecule has 0 saturated carbocycles. The van der Waals surface area contributed by atoms with Crippen LogP contribution in [0.25, 0.3) is 64.6 Å². The SMILES string of the molecule is CCC(C)(C)C(=O)Oc1c2ccccc2c(CO)c2ccccc12.CCC(C)(C)C(=O)Oc1ccc2cc(CO)c(CO)cc2c1.CCC(C)(C)C(=O)Oc1ccc2cc(CO)ccc2c1.CCC(C)(C)C(=O)Oc1ccc2cc3cc(CO)ccc3cc2c1. The minimum Gasteiger partial charge on any atom is -0.426 e. The Morgan fingerprint density at radius 3 is 0.967 bits per heavy atom. The van der Waals surface area contributed by atoms with Crippen LogP contribution >= 0.6 is 0 Å². The molecule has 0 amide bonds. The van der Waals surface area contributed by atoms with Crippen LogP contribution in [-0.2, 0) is 52.2 Å². The summed E-state index contributed by atoms with van der Waals surface area (Å²) >= 11 is 0. The number of aliphatic hydroxyl groups excluding tert-OH is 5. The molecule has 472 valence electrons. The maximum atomic E-state index is 12.6. The Kier molecular flexibility index (Phi) is 22.8. The van der Waals surface area contributed by atoms with Gasteiger partial charge in [-0.1, -0.05) is 119 Å². The number of rotatable bonds is 17. The van der Waals surface area contributed by atoms with Crippen molar-refractivity contribution in [3.05, 3.63) is 192 Å². The lowest BCUT2D eigenvalue weighted by Crippen LogP contribution is -2.28. The van der Waals surface area contributed by atoms with Gasteiger partial charge in [0.25, 0.3) is 0 Å². The van der Waals surface area contributed by atoms with Crippen molar-refractivity contribution in [3.8, 4) is 23.0 Å². The number of hydrogen-bond donors (Lipinski definition) is 5. The Hall–Kier alpha value is -8.56. The molecule has 0 atom stereocenters. The van der Waals surface area contributed by atoms with Crippen LogP contribution in [0.2, 0.25) is 0 Å². The Balaban J connectivity index is 0.000000171. The van der Waals surface area contributed by atoms with Crippen LogP contribution in [0.1, 0.15) is 137 Å². The number of hydrogen-bond acceptors (Lipinski definition) is 13. The molecule has 90 heavy (non-hydrogen) atoms. The Labute approximate surface area is 527 Å². The van der Waals surface area contributed by atoms with E-state index >= 15 is 0 Å². The molecule has 0 saturated heterocycles. The van der Waals surface area contributed by atoms with Gasteiger partial charge >= 0.3 is 23.9 Å². The van der Waals surface area contributed by atoms with Crippen LogP contribution in [0, 0.1) is 21.7 Å². The fourth-order valence-electron chi connectivity index (χ4n) is 9.35. The van der Waals surface area contributed by atoms with E-state index in [1.54, 1.807) is 18.2 Å². The van der Waals surface area contributed by atoms with E-state index in [2.05, 4.69) is 12.1 Å². The highest BCUT2D eigenvalue weighted by atomic mass is 16.5. The smallest absolute Gasteiger partial charge is 0.316 e. The zero-order valence-electron chi connectivity index (χ0n) is 54.0. The van der Waals surface area contributed by atoms with Gasteiger partial charge < -0.3 is 44.5 Å². The quantitative estimate of drug-likeness (QED) is 0.0327. The van der Waals surface area contributed by atoms with E-state index in [1.165, 1.54) is 0 Å². The number of carbonyl (C=O) groups is 4. The first kappa shape index (κ1) is 68.9. The Morgan fingerprint density at radius 2 is 0.600 bits per heavy atom. The van der Waals surface area contributed by atoms with E-state index in [9.17, 15) is 39.6 Å². The molecule has 0 aliphatic carbocycles. The lowest BCUT2D eigenvalue weighted by Gasteiger charge is -2.22. The van der Waals surface area contributed by atoms with Gasteiger partial charge in [0.1, 0.15) is 23.0 Å². The third-order valence-electron chi connectivity index (χ3n) is 17.3. The minimum absolute atomic E-state index is 0.0252. The molecule has 10 rings (SSSR count). The van der Waals surface area contributed by atoms with Gasteiger partial charge in [-0.3, -0.25) is 19.2 Å². The van der Waals surface area contributed by atoms with E-state index in [4.69, 9.17) is 24.1 Å². The standard InChI is InChI=1S/2C21H22O3.C18H22O4.C17H20O3/c1-4-21(2,3)20(23)24-19-16-11-7-5-9-14(16)18(13-22)15-10-6-8-12-17(15)19;1-4-21(2,3)20(23)24-19-8-7-16-10-17-9-14(13-22)5-6-15(17)11-18(16)12-19;1-4-18(2,3)17(21)22-16-6-5-12-7-14(10-19)15(11-20)8-13(12)9-16;1-4-17(2,3)16(19)20-15-8-7-13-9-12(11-18)5-6-14(13)10-15/h2*5-12,22H,4,13H2,1-3H3;5-9,19-20H,4,10-11H2,1-3H3;5-10,18H,4,11H2,1-3H3. The number of aliphatic hydroxyl groups is 5. The lowest BCUT2D eigenvalue weighted by atomic mass is 9.90. The van der Waals surface area contributed by atoms with Crippen LogP contribution in [-0.4, -0.2) is 49.4 Å². The third-order valence-corrected chi connectivity index (χ3v) is 17.3. The largest absolute Gasteiger partial charge is 0.426 e. The van der Waals surface area contributed by atoms with Crippen LogP contribution in [0.15, 0.2) is 164 Å². The highest BCUT2D eigenvalue weighted by molar-refractivity contribution is 6.09. The maximum Gasteiger partial charge on any atom is 0.316 e. The maximum absolute atomic E-state index is 12.6. The molecule has 0 aliphatic rings. The number of esters is 4. The summed E-state index contributed by atoms with van der Waals surface area (Å²) in [6, 6.07) is 51.5. The van der Waals surface area contributed by atoms with Gasteiger partial charge in [0.2, 0.25) is 0 Å². The predicted molar refractivity (Wildman–Crippen MR) is 359 cm³/mol. The Bertz CT molecular complexity index is 4150. The number of fused-ring (bicyclic) bond motifs is 6. The minimum atomic E-state index is -0.544. The van der Waals surface area contributed by atoms with E-state index < -0.39 is 21.7 Å². The summed E-state index contributed by atoms with van der Waals surface area (Å²) in [6.07, 6.45) is 2.88. The molecule has 0 spiro atoms. The molecule has 0 heterocycles. The summed E-state index contributed by atoms with van der Waals surface area (Å²) in [6.45, 7) is 22.7. The average molecular weight is 1220 g/mol.